The van der Waals surface area contributed by atoms with Crippen molar-refractivity contribution < 1.29 is 4.74 Å². The van der Waals surface area contributed by atoms with Crippen molar-refractivity contribution in [1.29, 1.82) is 0 Å². The molecule has 2 nitrogen and oxygen atoms in total. The first kappa shape index (κ1) is 9.01. The summed E-state index contributed by atoms with van der Waals surface area (Å²) in [5, 5.41) is 0. The number of ether oxygens (including phenoxy) is 1. The minimum absolute atomic E-state index is 0.183. The third kappa shape index (κ3) is 1.94. The van der Waals surface area contributed by atoms with E-state index in [1.807, 2.05) is 7.11 Å². The maximum Gasteiger partial charge on any atom is 0.0933 e. The van der Waals surface area contributed by atoms with Crippen LogP contribution in [0.15, 0.2) is 0 Å². The maximum absolute atomic E-state index is 5.51. The Balaban J connectivity index is 2.38. The van der Waals surface area contributed by atoms with Gasteiger partial charge >= 0.3 is 0 Å². The highest BCUT2D eigenvalue weighted by Gasteiger charge is 2.41. The first-order chi connectivity index (χ1) is 5.08. The fourth-order valence-corrected chi connectivity index (χ4v) is 2.02. The Bertz CT molecular complexity index is 128. The van der Waals surface area contributed by atoms with Gasteiger partial charge in [-0.1, -0.05) is 13.8 Å². The van der Waals surface area contributed by atoms with Crippen LogP contribution in [0.25, 0.3) is 0 Å². The quantitative estimate of drug-likeness (QED) is 0.613. The lowest BCUT2D eigenvalue weighted by Gasteiger charge is -2.48. The Labute approximate surface area is 69.5 Å². The summed E-state index contributed by atoms with van der Waals surface area (Å²) in [5.74, 6) is 0.739. The lowest BCUT2D eigenvalue weighted by molar-refractivity contribution is -0.125. The SMILES string of the molecule is COC1(CC(C)C)CN(C)C1. The van der Waals surface area contributed by atoms with Gasteiger partial charge in [0.2, 0.25) is 0 Å². The summed E-state index contributed by atoms with van der Waals surface area (Å²) in [5.41, 5.74) is 0.183. The van der Waals surface area contributed by atoms with Gasteiger partial charge in [0.25, 0.3) is 0 Å². The van der Waals surface area contributed by atoms with Gasteiger partial charge in [-0.15, -0.1) is 0 Å². The minimum Gasteiger partial charge on any atom is -0.376 e. The largest absolute Gasteiger partial charge is 0.376 e. The van der Waals surface area contributed by atoms with Gasteiger partial charge in [0, 0.05) is 20.2 Å². The van der Waals surface area contributed by atoms with E-state index in [4.69, 9.17) is 4.74 Å². The fourth-order valence-electron chi connectivity index (χ4n) is 2.02. The van der Waals surface area contributed by atoms with Crippen LogP contribution in [0.3, 0.4) is 0 Å². The fraction of sp³-hybridized carbons (Fsp3) is 1.00. The van der Waals surface area contributed by atoms with Gasteiger partial charge in [0.15, 0.2) is 0 Å². The van der Waals surface area contributed by atoms with Crippen LogP contribution in [0, 0.1) is 5.92 Å². The Morgan fingerprint density at radius 1 is 1.45 bits per heavy atom. The van der Waals surface area contributed by atoms with Crippen LogP contribution in [0.2, 0.25) is 0 Å². The molecule has 0 radical (unpaired) electrons. The molecular formula is C9H19NO. The van der Waals surface area contributed by atoms with Crippen molar-refractivity contribution >= 4 is 0 Å². The molecule has 2 heteroatoms. The number of likely N-dealkylation sites (tertiary alicyclic amines) is 1. The molecule has 0 N–H and O–H groups in total. The molecule has 1 fully saturated rings. The van der Waals surface area contributed by atoms with Crippen molar-refractivity contribution in [2.75, 3.05) is 27.2 Å². The van der Waals surface area contributed by atoms with E-state index >= 15 is 0 Å². The van der Waals surface area contributed by atoms with E-state index in [1.54, 1.807) is 0 Å². The summed E-state index contributed by atoms with van der Waals surface area (Å²) in [6, 6.07) is 0. The lowest BCUT2D eigenvalue weighted by Crippen LogP contribution is -2.61. The second-order valence-electron chi connectivity index (χ2n) is 4.16. The summed E-state index contributed by atoms with van der Waals surface area (Å²) in [4.78, 5) is 2.30. The van der Waals surface area contributed by atoms with E-state index in [9.17, 15) is 0 Å². The number of rotatable bonds is 3. The highest BCUT2D eigenvalue weighted by atomic mass is 16.5. The molecule has 0 unspecified atom stereocenters. The maximum atomic E-state index is 5.51. The summed E-state index contributed by atoms with van der Waals surface area (Å²) < 4.78 is 5.51. The van der Waals surface area contributed by atoms with Gasteiger partial charge in [-0.05, 0) is 19.4 Å². The molecule has 0 aromatic carbocycles. The van der Waals surface area contributed by atoms with Crippen molar-refractivity contribution in [3.63, 3.8) is 0 Å². The van der Waals surface area contributed by atoms with Crippen molar-refractivity contribution in [1.82, 2.24) is 4.90 Å². The average Bonchev–Trinajstić information content (AvgIpc) is 1.82. The van der Waals surface area contributed by atoms with Gasteiger partial charge in [-0.3, -0.25) is 0 Å². The van der Waals surface area contributed by atoms with Crippen molar-refractivity contribution in [2.45, 2.75) is 25.9 Å². The van der Waals surface area contributed by atoms with Crippen LogP contribution in [0.1, 0.15) is 20.3 Å². The molecule has 1 rings (SSSR count). The van der Waals surface area contributed by atoms with Gasteiger partial charge < -0.3 is 9.64 Å². The van der Waals surface area contributed by atoms with Crippen molar-refractivity contribution in [3.05, 3.63) is 0 Å². The molecule has 1 saturated heterocycles. The van der Waals surface area contributed by atoms with Crippen LogP contribution < -0.4 is 0 Å². The molecule has 66 valence electrons. The Morgan fingerprint density at radius 3 is 2.27 bits per heavy atom. The highest BCUT2D eigenvalue weighted by molar-refractivity contribution is 4.95. The molecule has 0 saturated carbocycles. The third-order valence-corrected chi connectivity index (χ3v) is 2.33. The molecule has 1 aliphatic heterocycles. The number of hydrogen-bond acceptors (Lipinski definition) is 2. The second kappa shape index (κ2) is 3.11. The first-order valence-corrected chi connectivity index (χ1v) is 4.32. The topological polar surface area (TPSA) is 12.5 Å². The van der Waals surface area contributed by atoms with E-state index in [-0.39, 0.29) is 5.60 Å². The summed E-state index contributed by atoms with van der Waals surface area (Å²) in [6.07, 6.45) is 1.19. The van der Waals surface area contributed by atoms with Crippen molar-refractivity contribution in [2.24, 2.45) is 5.92 Å². The molecule has 1 aliphatic rings. The molecule has 1 heterocycles. The monoisotopic (exact) mass is 157 g/mol. The number of hydrogen-bond donors (Lipinski definition) is 0. The Morgan fingerprint density at radius 2 is 2.00 bits per heavy atom. The van der Waals surface area contributed by atoms with Crippen molar-refractivity contribution in [3.8, 4) is 0 Å². The molecule has 0 aromatic rings. The van der Waals surface area contributed by atoms with E-state index < -0.39 is 0 Å². The van der Waals surface area contributed by atoms with Crippen LogP contribution in [0.5, 0.6) is 0 Å². The van der Waals surface area contributed by atoms with Crippen LogP contribution in [-0.4, -0.2) is 37.7 Å². The van der Waals surface area contributed by atoms with Crippen LogP contribution >= 0.6 is 0 Å². The molecule has 0 atom stereocenters. The first-order valence-electron chi connectivity index (χ1n) is 4.32. The number of methoxy groups -OCH3 is 1. The summed E-state index contributed by atoms with van der Waals surface area (Å²) >= 11 is 0. The van der Waals surface area contributed by atoms with E-state index in [2.05, 4.69) is 25.8 Å². The zero-order valence-corrected chi connectivity index (χ0v) is 8.05. The van der Waals surface area contributed by atoms with E-state index in [0.29, 0.717) is 0 Å². The molecule has 11 heavy (non-hydrogen) atoms. The highest BCUT2D eigenvalue weighted by Crippen LogP contribution is 2.29. The second-order valence-corrected chi connectivity index (χ2v) is 4.16. The molecule has 0 amide bonds. The lowest BCUT2D eigenvalue weighted by atomic mass is 9.85. The van der Waals surface area contributed by atoms with Gasteiger partial charge in [0.1, 0.15) is 0 Å². The number of nitrogens with zero attached hydrogens (tertiary/aromatic N) is 1. The molecule has 0 aromatic heterocycles. The zero-order valence-electron chi connectivity index (χ0n) is 8.05. The average molecular weight is 157 g/mol. The predicted octanol–water partition coefficient (Wildman–Crippen LogP) is 1.36. The molecule has 0 spiro atoms. The van der Waals surface area contributed by atoms with Gasteiger partial charge in [-0.25, -0.2) is 0 Å². The number of likely N-dealkylation sites (N-methyl/N-ethyl adjacent to an activating group) is 1. The van der Waals surface area contributed by atoms with Crippen LogP contribution in [-0.2, 0) is 4.74 Å². The normalized spacial score (nSPS) is 23.7. The standard InChI is InChI=1S/C9H19NO/c1-8(2)5-9(11-4)6-10(3)7-9/h8H,5-7H2,1-4H3. The van der Waals surface area contributed by atoms with E-state index in [1.165, 1.54) is 6.42 Å². The Hall–Kier alpha value is -0.0800. The third-order valence-electron chi connectivity index (χ3n) is 2.33. The molecule has 0 aliphatic carbocycles. The summed E-state index contributed by atoms with van der Waals surface area (Å²) in [6.45, 7) is 6.70. The minimum atomic E-state index is 0.183. The van der Waals surface area contributed by atoms with Gasteiger partial charge in [-0.2, -0.15) is 0 Å². The smallest absolute Gasteiger partial charge is 0.0933 e. The van der Waals surface area contributed by atoms with E-state index in [0.717, 1.165) is 19.0 Å². The van der Waals surface area contributed by atoms with Gasteiger partial charge in [0.05, 0.1) is 5.60 Å². The predicted molar refractivity (Wildman–Crippen MR) is 46.7 cm³/mol. The Kier molecular flexibility index (Phi) is 2.55. The molecular weight excluding hydrogens is 138 g/mol. The zero-order chi connectivity index (χ0) is 8.48. The molecule has 0 bridgehead atoms. The summed E-state index contributed by atoms with van der Waals surface area (Å²) in [7, 11) is 3.97. The van der Waals surface area contributed by atoms with Crippen LogP contribution in [0.4, 0.5) is 0 Å².